The van der Waals surface area contributed by atoms with Crippen molar-refractivity contribution in [1.29, 1.82) is 0 Å². The van der Waals surface area contributed by atoms with Gasteiger partial charge >= 0.3 is 0 Å². The van der Waals surface area contributed by atoms with Gasteiger partial charge in [0, 0.05) is 0 Å². The Morgan fingerprint density at radius 2 is 0.855 bits per heavy atom. The van der Waals surface area contributed by atoms with E-state index in [9.17, 15) is 40.5 Å². The summed E-state index contributed by atoms with van der Waals surface area (Å²) in [7, 11) is 0. The molecule has 0 radical (unpaired) electrons. The van der Waals surface area contributed by atoms with Crippen LogP contribution in [-0.2, 0) is 14.3 Å². The smallest absolute Gasteiger partial charge is 0.249 e. The molecule has 0 aliphatic carbocycles. The summed E-state index contributed by atoms with van der Waals surface area (Å²) in [5, 5.41) is 76.1. The maximum atomic E-state index is 13.2. The number of rotatable bonds is 50. The predicted octanol–water partition coefficient (Wildman–Crippen LogP) is 12.1. The maximum absolute atomic E-state index is 13.2. The maximum Gasteiger partial charge on any atom is 0.249 e. The zero-order valence-electron chi connectivity index (χ0n) is 44.6. The molecule has 9 atom stereocenters. The number of unbranched alkanes of at least 4 members (excludes halogenated alkanes) is 34. The molecule has 0 aromatic carbocycles. The van der Waals surface area contributed by atoms with Crippen LogP contribution >= 0.6 is 0 Å². The monoisotopic (exact) mass is 982 g/mol. The summed E-state index contributed by atoms with van der Waals surface area (Å²) >= 11 is 0. The molecule has 8 N–H and O–H groups in total. The standard InChI is InChI=1S/C58H111NO10/c1-3-5-7-9-11-13-15-17-19-21-22-23-24-25-26-27-28-29-30-32-33-35-37-39-41-43-45-50(61)53(63)49(48-68-58-56(66)55(65)54(64)52(47-60)69-58)59-57(67)51(62)46-44-42-40-38-36-34-31-20-18-16-14-12-10-8-6-4-2/h18,20,37,39,49-56,58,60-66H,3-17,19,21-36,38,40-48H2,1-2H3,(H,59,67)/b20-18-,39-37+. The molecule has 1 rings (SSSR count). The largest absolute Gasteiger partial charge is 0.394 e. The molecule has 1 fully saturated rings. The SMILES string of the molecule is CCCCCCCC/C=C\CCCCCCCCC(O)C(=O)NC(COC1OC(CO)C(O)C(O)C1O)C(O)C(O)CCC/C=C/CCCCCCCCCCCCCCCCCCCCCCC. The Morgan fingerprint density at radius 1 is 0.493 bits per heavy atom. The van der Waals surface area contributed by atoms with E-state index in [1.165, 1.54) is 173 Å². The van der Waals surface area contributed by atoms with Gasteiger partial charge in [-0.25, -0.2) is 0 Å². The lowest BCUT2D eigenvalue weighted by molar-refractivity contribution is -0.303. The summed E-state index contributed by atoms with van der Waals surface area (Å²) in [6.07, 6.45) is 45.3. The van der Waals surface area contributed by atoms with Gasteiger partial charge in [-0.2, -0.15) is 0 Å². The third-order valence-electron chi connectivity index (χ3n) is 14.2. The van der Waals surface area contributed by atoms with Crippen molar-refractivity contribution in [2.75, 3.05) is 13.2 Å². The lowest BCUT2D eigenvalue weighted by atomic mass is 9.98. The fraction of sp³-hybridized carbons (Fsp3) is 0.914. The summed E-state index contributed by atoms with van der Waals surface area (Å²) in [5.41, 5.74) is 0. The fourth-order valence-electron chi connectivity index (χ4n) is 9.44. The summed E-state index contributed by atoms with van der Waals surface area (Å²) in [6.45, 7) is 3.46. The van der Waals surface area contributed by atoms with Gasteiger partial charge in [0.25, 0.3) is 0 Å². The molecule has 0 bridgehead atoms. The van der Waals surface area contributed by atoms with E-state index in [2.05, 4.69) is 43.5 Å². The highest BCUT2D eigenvalue weighted by atomic mass is 16.7. The first-order valence-corrected chi connectivity index (χ1v) is 29.2. The Kier molecular flexibility index (Phi) is 45.2. The van der Waals surface area contributed by atoms with Gasteiger partial charge in [0.1, 0.15) is 36.6 Å². The van der Waals surface area contributed by atoms with E-state index in [1.54, 1.807) is 0 Å². The minimum absolute atomic E-state index is 0.248. The van der Waals surface area contributed by atoms with E-state index < -0.39 is 74.2 Å². The topological polar surface area (TPSA) is 189 Å². The van der Waals surface area contributed by atoms with Crippen LogP contribution in [0.5, 0.6) is 0 Å². The average molecular weight is 983 g/mol. The highest BCUT2D eigenvalue weighted by Crippen LogP contribution is 2.23. The molecule has 69 heavy (non-hydrogen) atoms. The summed E-state index contributed by atoms with van der Waals surface area (Å²) in [6, 6.07) is -1.19. The van der Waals surface area contributed by atoms with Gasteiger partial charge in [0.15, 0.2) is 6.29 Å². The molecule has 11 nitrogen and oxygen atoms in total. The molecule has 11 heteroatoms. The molecule has 0 aromatic heterocycles. The molecule has 0 saturated carbocycles. The first-order chi connectivity index (χ1) is 33.7. The Balaban J connectivity index is 2.31. The van der Waals surface area contributed by atoms with Gasteiger partial charge in [0.2, 0.25) is 5.91 Å². The van der Waals surface area contributed by atoms with Crippen LogP contribution in [0.2, 0.25) is 0 Å². The third kappa shape index (κ3) is 36.2. The Morgan fingerprint density at radius 3 is 1.25 bits per heavy atom. The zero-order chi connectivity index (χ0) is 50.4. The lowest BCUT2D eigenvalue weighted by Gasteiger charge is -2.40. The van der Waals surface area contributed by atoms with E-state index in [0.29, 0.717) is 12.8 Å². The van der Waals surface area contributed by atoms with Gasteiger partial charge in [-0.05, 0) is 64.2 Å². The van der Waals surface area contributed by atoms with E-state index >= 15 is 0 Å². The Hall–Kier alpha value is -1.41. The number of nitrogens with one attached hydrogen (secondary N) is 1. The number of hydrogen-bond acceptors (Lipinski definition) is 10. The molecular formula is C58H111NO10. The molecule has 408 valence electrons. The number of amides is 1. The van der Waals surface area contributed by atoms with E-state index in [4.69, 9.17) is 9.47 Å². The van der Waals surface area contributed by atoms with Crippen molar-refractivity contribution < 1.29 is 50.0 Å². The first kappa shape index (κ1) is 65.6. The highest BCUT2D eigenvalue weighted by molar-refractivity contribution is 5.80. The van der Waals surface area contributed by atoms with Gasteiger partial charge in [-0.1, -0.05) is 231 Å². The normalized spacial score (nSPS) is 20.5. The van der Waals surface area contributed by atoms with Crippen molar-refractivity contribution in [3.8, 4) is 0 Å². The molecule has 1 saturated heterocycles. The van der Waals surface area contributed by atoms with Crippen LogP contribution in [0.3, 0.4) is 0 Å². The van der Waals surface area contributed by atoms with Crippen molar-refractivity contribution >= 4 is 5.91 Å². The van der Waals surface area contributed by atoms with Crippen LogP contribution in [0, 0.1) is 0 Å². The average Bonchev–Trinajstić information content (AvgIpc) is 3.35. The number of aliphatic hydroxyl groups excluding tert-OH is 7. The molecule has 1 aliphatic rings. The second-order valence-electron chi connectivity index (χ2n) is 20.7. The van der Waals surface area contributed by atoms with Crippen LogP contribution in [0.1, 0.15) is 271 Å². The van der Waals surface area contributed by atoms with Crippen LogP contribution < -0.4 is 5.32 Å². The van der Waals surface area contributed by atoms with Gasteiger partial charge in [0.05, 0.1) is 25.4 Å². The first-order valence-electron chi connectivity index (χ1n) is 29.2. The second-order valence-corrected chi connectivity index (χ2v) is 20.7. The van der Waals surface area contributed by atoms with E-state index in [-0.39, 0.29) is 12.8 Å². The fourth-order valence-corrected chi connectivity index (χ4v) is 9.44. The van der Waals surface area contributed by atoms with Gasteiger partial charge in [-0.15, -0.1) is 0 Å². The molecule has 9 unspecified atom stereocenters. The second kappa shape index (κ2) is 47.6. The van der Waals surface area contributed by atoms with Crippen LogP contribution in [-0.4, -0.2) is 110 Å². The zero-order valence-corrected chi connectivity index (χ0v) is 44.6. The minimum Gasteiger partial charge on any atom is -0.394 e. The Bertz CT molecular complexity index is 1170. The number of hydrogen-bond donors (Lipinski definition) is 8. The highest BCUT2D eigenvalue weighted by Gasteiger charge is 2.44. The minimum atomic E-state index is -1.67. The number of ether oxygens (including phenoxy) is 2. The third-order valence-corrected chi connectivity index (χ3v) is 14.2. The summed E-state index contributed by atoms with van der Waals surface area (Å²) in [4.78, 5) is 13.2. The van der Waals surface area contributed by atoms with Crippen LogP contribution in [0.15, 0.2) is 24.3 Å². The molecule has 1 heterocycles. The molecule has 0 spiro atoms. The number of aliphatic hydroxyl groups is 7. The predicted molar refractivity (Wildman–Crippen MR) is 284 cm³/mol. The van der Waals surface area contributed by atoms with Gasteiger partial charge < -0.3 is 50.5 Å². The van der Waals surface area contributed by atoms with Crippen molar-refractivity contribution in [3.63, 3.8) is 0 Å². The van der Waals surface area contributed by atoms with Crippen molar-refractivity contribution in [2.45, 2.75) is 326 Å². The van der Waals surface area contributed by atoms with Crippen molar-refractivity contribution in [2.24, 2.45) is 0 Å². The Labute approximate surface area is 423 Å². The molecular weight excluding hydrogens is 871 g/mol. The van der Waals surface area contributed by atoms with Gasteiger partial charge in [-0.3, -0.25) is 4.79 Å². The number of carbonyl (C=O) groups excluding carboxylic acids is 1. The van der Waals surface area contributed by atoms with E-state index in [1.807, 2.05) is 0 Å². The molecule has 1 amide bonds. The summed E-state index contributed by atoms with van der Waals surface area (Å²) < 4.78 is 11.1. The van der Waals surface area contributed by atoms with E-state index in [0.717, 1.165) is 57.8 Å². The number of allylic oxidation sites excluding steroid dienone is 4. The molecule has 0 aromatic rings. The number of carbonyl (C=O) groups is 1. The van der Waals surface area contributed by atoms with Crippen molar-refractivity contribution in [3.05, 3.63) is 24.3 Å². The van der Waals surface area contributed by atoms with Crippen LogP contribution in [0.25, 0.3) is 0 Å². The van der Waals surface area contributed by atoms with Crippen LogP contribution in [0.4, 0.5) is 0 Å². The molecule has 1 aliphatic heterocycles. The lowest BCUT2D eigenvalue weighted by Crippen LogP contribution is -2.60. The quantitative estimate of drug-likeness (QED) is 0.0215. The van der Waals surface area contributed by atoms with Crippen molar-refractivity contribution in [1.82, 2.24) is 5.32 Å². The summed E-state index contributed by atoms with van der Waals surface area (Å²) in [5.74, 6) is -0.709.